The molecule has 0 spiro atoms. The van der Waals surface area contributed by atoms with Gasteiger partial charge in [0.25, 0.3) is 0 Å². The van der Waals surface area contributed by atoms with Crippen LogP contribution >= 0.6 is 12.2 Å². The normalized spacial score (nSPS) is 19.9. The van der Waals surface area contributed by atoms with E-state index in [0.717, 1.165) is 12.0 Å². The second-order valence-electron chi connectivity index (χ2n) is 5.27. The maximum Gasteiger partial charge on any atom is 0.232 e. The molecule has 0 saturated carbocycles. The van der Waals surface area contributed by atoms with E-state index in [4.69, 9.17) is 23.1 Å². The molecule has 2 atom stereocenters. The Bertz CT molecular complexity index is 478. The van der Waals surface area contributed by atoms with Gasteiger partial charge in [0.15, 0.2) is 0 Å². The third-order valence-electron chi connectivity index (χ3n) is 3.78. The molecule has 0 radical (unpaired) electrons. The Labute approximate surface area is 124 Å². The fraction of sp³-hybridized carbons (Fsp3) is 0.467. The lowest BCUT2D eigenvalue weighted by Crippen LogP contribution is -2.41. The van der Waals surface area contributed by atoms with Crippen LogP contribution in [0.3, 0.4) is 0 Å². The van der Waals surface area contributed by atoms with Gasteiger partial charge in [-0.1, -0.05) is 42.5 Å². The Morgan fingerprint density at radius 3 is 2.70 bits per heavy atom. The van der Waals surface area contributed by atoms with Crippen LogP contribution in [0.5, 0.6) is 0 Å². The summed E-state index contributed by atoms with van der Waals surface area (Å²) in [6, 6.07) is 9.76. The molecule has 20 heavy (non-hydrogen) atoms. The maximum absolute atomic E-state index is 12.5. The van der Waals surface area contributed by atoms with E-state index >= 15 is 0 Å². The lowest BCUT2D eigenvalue weighted by Gasteiger charge is -2.23. The first-order valence-electron chi connectivity index (χ1n) is 6.84. The second kappa shape index (κ2) is 6.81. The van der Waals surface area contributed by atoms with Crippen molar-refractivity contribution in [1.29, 1.82) is 0 Å². The third-order valence-corrected chi connectivity index (χ3v) is 4.06. The van der Waals surface area contributed by atoms with Crippen LogP contribution in [0.1, 0.15) is 12.0 Å². The van der Waals surface area contributed by atoms with E-state index in [1.807, 2.05) is 30.3 Å². The van der Waals surface area contributed by atoms with Crippen molar-refractivity contribution in [2.75, 3.05) is 19.7 Å². The highest BCUT2D eigenvalue weighted by Crippen LogP contribution is 2.20. The van der Waals surface area contributed by atoms with Gasteiger partial charge in [0.2, 0.25) is 5.91 Å². The number of carbonyl (C=O) groups excluding carboxylic acids is 1. The Hall–Kier alpha value is -1.46. The highest BCUT2D eigenvalue weighted by atomic mass is 32.1. The van der Waals surface area contributed by atoms with Crippen molar-refractivity contribution < 1.29 is 9.90 Å². The first kappa shape index (κ1) is 14.9. The molecule has 1 aliphatic rings. The second-order valence-corrected chi connectivity index (χ2v) is 5.74. The minimum absolute atomic E-state index is 0.0164. The number of hydrogen-bond acceptors (Lipinski definition) is 3. The molecular formula is C15H20N2O2S. The van der Waals surface area contributed by atoms with E-state index in [2.05, 4.69) is 0 Å². The quantitative estimate of drug-likeness (QED) is 0.794. The minimum Gasteiger partial charge on any atom is -0.396 e. The predicted octanol–water partition coefficient (Wildman–Crippen LogP) is 0.972. The monoisotopic (exact) mass is 292 g/mol. The van der Waals surface area contributed by atoms with E-state index in [9.17, 15) is 4.79 Å². The molecular weight excluding hydrogens is 272 g/mol. The summed E-state index contributed by atoms with van der Waals surface area (Å²) in [6.45, 7) is 1.40. The largest absolute Gasteiger partial charge is 0.396 e. The van der Waals surface area contributed by atoms with Crippen LogP contribution in [-0.2, 0) is 11.2 Å². The molecule has 1 aliphatic heterocycles. The van der Waals surface area contributed by atoms with E-state index in [-0.39, 0.29) is 23.4 Å². The van der Waals surface area contributed by atoms with Gasteiger partial charge in [-0.3, -0.25) is 4.79 Å². The van der Waals surface area contributed by atoms with E-state index in [0.29, 0.717) is 19.5 Å². The van der Waals surface area contributed by atoms with Crippen molar-refractivity contribution in [2.24, 2.45) is 17.6 Å². The zero-order valence-corrected chi connectivity index (χ0v) is 12.2. The number of aliphatic hydroxyl groups excluding tert-OH is 1. The topological polar surface area (TPSA) is 66.6 Å². The van der Waals surface area contributed by atoms with E-state index in [1.54, 1.807) is 4.90 Å². The molecule has 1 saturated heterocycles. The van der Waals surface area contributed by atoms with Crippen molar-refractivity contribution in [3.63, 3.8) is 0 Å². The summed E-state index contributed by atoms with van der Waals surface area (Å²) in [7, 11) is 0. The average Bonchev–Trinajstić information content (AvgIpc) is 2.94. The van der Waals surface area contributed by atoms with Crippen LogP contribution in [0.2, 0.25) is 0 Å². The lowest BCUT2D eigenvalue weighted by atomic mass is 9.98. The molecule has 2 rings (SSSR count). The molecule has 2 unspecified atom stereocenters. The summed E-state index contributed by atoms with van der Waals surface area (Å²) in [4.78, 5) is 14.5. The number of nitrogens with two attached hydrogens (primary N) is 1. The zero-order valence-electron chi connectivity index (χ0n) is 11.4. The van der Waals surface area contributed by atoms with Gasteiger partial charge in [0.1, 0.15) is 0 Å². The molecule has 1 amide bonds. The highest BCUT2D eigenvalue weighted by molar-refractivity contribution is 7.80. The SMILES string of the molecule is NC(=S)C(Cc1ccccc1)C(=O)N1CCC(CO)C1. The van der Waals surface area contributed by atoms with Gasteiger partial charge in [-0.05, 0) is 18.4 Å². The Morgan fingerprint density at radius 2 is 2.15 bits per heavy atom. The summed E-state index contributed by atoms with van der Waals surface area (Å²) in [5, 5.41) is 9.16. The van der Waals surface area contributed by atoms with Gasteiger partial charge in [0.05, 0.1) is 10.9 Å². The van der Waals surface area contributed by atoms with Crippen molar-refractivity contribution in [3.05, 3.63) is 35.9 Å². The first-order chi connectivity index (χ1) is 9.61. The average molecular weight is 292 g/mol. The first-order valence-corrected chi connectivity index (χ1v) is 7.25. The van der Waals surface area contributed by atoms with E-state index < -0.39 is 5.92 Å². The van der Waals surface area contributed by atoms with Crippen LogP contribution in [0.25, 0.3) is 0 Å². The summed E-state index contributed by atoms with van der Waals surface area (Å²) >= 11 is 5.07. The Morgan fingerprint density at radius 1 is 1.45 bits per heavy atom. The minimum atomic E-state index is -0.454. The molecule has 108 valence electrons. The van der Waals surface area contributed by atoms with Crippen molar-refractivity contribution in [3.8, 4) is 0 Å². The molecule has 1 heterocycles. The molecule has 4 nitrogen and oxygen atoms in total. The van der Waals surface area contributed by atoms with E-state index in [1.165, 1.54) is 0 Å². The molecule has 0 bridgehead atoms. The number of benzene rings is 1. The zero-order chi connectivity index (χ0) is 14.5. The number of nitrogens with zero attached hydrogens (tertiary/aromatic N) is 1. The predicted molar refractivity (Wildman–Crippen MR) is 82.2 cm³/mol. The van der Waals surface area contributed by atoms with Gasteiger partial charge in [-0.25, -0.2) is 0 Å². The number of rotatable bonds is 5. The molecule has 0 aliphatic carbocycles. The molecule has 3 N–H and O–H groups in total. The molecule has 1 aromatic rings. The highest BCUT2D eigenvalue weighted by Gasteiger charge is 2.31. The van der Waals surface area contributed by atoms with Crippen molar-refractivity contribution in [2.45, 2.75) is 12.8 Å². The smallest absolute Gasteiger partial charge is 0.232 e. The molecule has 5 heteroatoms. The van der Waals surface area contributed by atoms with Gasteiger partial charge in [-0.15, -0.1) is 0 Å². The van der Waals surface area contributed by atoms with Crippen LogP contribution in [0.4, 0.5) is 0 Å². The number of aliphatic hydroxyl groups is 1. The third kappa shape index (κ3) is 3.55. The number of hydrogen-bond donors (Lipinski definition) is 2. The molecule has 1 fully saturated rings. The summed E-state index contributed by atoms with van der Waals surface area (Å²) in [5.41, 5.74) is 6.81. The van der Waals surface area contributed by atoms with Gasteiger partial charge < -0.3 is 15.7 Å². The maximum atomic E-state index is 12.5. The lowest BCUT2D eigenvalue weighted by molar-refractivity contribution is -0.132. The van der Waals surface area contributed by atoms with Crippen LogP contribution in [-0.4, -0.2) is 40.6 Å². The Balaban J connectivity index is 2.05. The fourth-order valence-corrected chi connectivity index (χ4v) is 2.75. The Kier molecular flexibility index (Phi) is 5.09. The van der Waals surface area contributed by atoms with Crippen LogP contribution in [0, 0.1) is 11.8 Å². The number of likely N-dealkylation sites (tertiary alicyclic amines) is 1. The number of thiocarbonyl (C=S) groups is 1. The summed E-state index contributed by atoms with van der Waals surface area (Å²) in [6.07, 6.45) is 1.38. The number of carbonyl (C=O) groups is 1. The number of amides is 1. The van der Waals surface area contributed by atoms with Crippen molar-refractivity contribution in [1.82, 2.24) is 4.90 Å². The van der Waals surface area contributed by atoms with Gasteiger partial charge >= 0.3 is 0 Å². The van der Waals surface area contributed by atoms with Crippen LogP contribution in [0.15, 0.2) is 30.3 Å². The molecule has 1 aromatic carbocycles. The summed E-state index contributed by atoms with van der Waals surface area (Å²) in [5.74, 6) is -0.287. The van der Waals surface area contributed by atoms with Crippen molar-refractivity contribution >= 4 is 23.1 Å². The standard InChI is InChI=1S/C15H20N2O2S/c16-14(20)13(8-11-4-2-1-3-5-11)15(19)17-7-6-12(9-17)10-18/h1-5,12-13,18H,6-10H2,(H2,16,20). The van der Waals surface area contributed by atoms with Gasteiger partial charge in [-0.2, -0.15) is 0 Å². The summed E-state index contributed by atoms with van der Waals surface area (Å²) < 4.78 is 0. The van der Waals surface area contributed by atoms with Gasteiger partial charge in [0, 0.05) is 25.6 Å². The molecule has 0 aromatic heterocycles. The van der Waals surface area contributed by atoms with Crippen LogP contribution < -0.4 is 5.73 Å². The fourth-order valence-electron chi connectivity index (χ4n) is 2.56.